The zero-order valence-electron chi connectivity index (χ0n) is 11.7. The van der Waals surface area contributed by atoms with Gasteiger partial charge < -0.3 is 15.2 Å². The Morgan fingerprint density at radius 2 is 1.65 bits per heavy atom. The SMILES string of the molecule is COC1CN(C(CN)c2cc(F)cc(F)c2)CC1OC. The second kappa shape index (κ2) is 6.58. The molecule has 20 heavy (non-hydrogen) atoms. The Labute approximate surface area is 117 Å². The van der Waals surface area contributed by atoms with E-state index in [9.17, 15) is 8.78 Å². The lowest BCUT2D eigenvalue weighted by Gasteiger charge is -2.27. The van der Waals surface area contributed by atoms with Crippen LogP contribution in [0.15, 0.2) is 18.2 Å². The maximum atomic E-state index is 13.3. The summed E-state index contributed by atoms with van der Waals surface area (Å²) in [6, 6.07) is 3.25. The van der Waals surface area contributed by atoms with Gasteiger partial charge in [0.25, 0.3) is 0 Å². The van der Waals surface area contributed by atoms with Crippen molar-refractivity contribution in [3.05, 3.63) is 35.4 Å². The molecule has 0 radical (unpaired) electrons. The summed E-state index contributed by atoms with van der Waals surface area (Å²) in [6.45, 7) is 1.51. The number of ether oxygens (including phenoxy) is 2. The molecule has 1 aliphatic heterocycles. The summed E-state index contributed by atoms with van der Waals surface area (Å²) in [6.07, 6.45) is -0.125. The van der Waals surface area contributed by atoms with E-state index in [0.717, 1.165) is 6.07 Å². The number of hydrogen-bond acceptors (Lipinski definition) is 4. The largest absolute Gasteiger partial charge is 0.377 e. The molecule has 0 saturated carbocycles. The molecule has 2 rings (SSSR count). The number of hydrogen-bond donors (Lipinski definition) is 1. The van der Waals surface area contributed by atoms with Crippen LogP contribution in [0.4, 0.5) is 8.78 Å². The summed E-state index contributed by atoms with van der Waals surface area (Å²) >= 11 is 0. The summed E-state index contributed by atoms with van der Waals surface area (Å²) in [7, 11) is 3.25. The first-order valence-corrected chi connectivity index (χ1v) is 6.54. The monoisotopic (exact) mass is 286 g/mol. The molecule has 1 aromatic carbocycles. The van der Waals surface area contributed by atoms with Crippen molar-refractivity contribution in [2.24, 2.45) is 5.73 Å². The van der Waals surface area contributed by atoms with Crippen molar-refractivity contribution < 1.29 is 18.3 Å². The van der Waals surface area contributed by atoms with Gasteiger partial charge in [-0.1, -0.05) is 0 Å². The van der Waals surface area contributed by atoms with Crippen molar-refractivity contribution in [2.75, 3.05) is 33.9 Å². The molecule has 0 bridgehead atoms. The second-order valence-electron chi connectivity index (χ2n) is 4.96. The summed E-state index contributed by atoms with van der Waals surface area (Å²) in [5.41, 5.74) is 6.33. The minimum Gasteiger partial charge on any atom is -0.377 e. The fourth-order valence-electron chi connectivity index (χ4n) is 2.74. The van der Waals surface area contributed by atoms with Crippen LogP contribution in [0.2, 0.25) is 0 Å². The minimum atomic E-state index is -0.593. The van der Waals surface area contributed by atoms with Crippen molar-refractivity contribution in [3.63, 3.8) is 0 Å². The number of halogens is 2. The highest BCUT2D eigenvalue weighted by molar-refractivity contribution is 5.22. The quantitative estimate of drug-likeness (QED) is 0.886. The zero-order valence-corrected chi connectivity index (χ0v) is 11.7. The average Bonchev–Trinajstić information content (AvgIpc) is 2.81. The third-order valence-corrected chi connectivity index (χ3v) is 3.78. The molecule has 0 aromatic heterocycles. The first-order valence-electron chi connectivity index (χ1n) is 6.54. The highest BCUT2D eigenvalue weighted by Crippen LogP contribution is 2.27. The third kappa shape index (κ3) is 3.15. The van der Waals surface area contributed by atoms with Crippen molar-refractivity contribution in [1.29, 1.82) is 0 Å². The fourth-order valence-corrected chi connectivity index (χ4v) is 2.74. The van der Waals surface area contributed by atoms with Gasteiger partial charge in [-0.3, -0.25) is 4.90 Å². The molecule has 1 fully saturated rings. The van der Waals surface area contributed by atoms with Crippen LogP contribution in [0.5, 0.6) is 0 Å². The molecule has 112 valence electrons. The lowest BCUT2D eigenvalue weighted by atomic mass is 10.1. The Balaban J connectivity index is 2.20. The van der Waals surface area contributed by atoms with E-state index >= 15 is 0 Å². The van der Waals surface area contributed by atoms with E-state index in [1.807, 2.05) is 4.90 Å². The first kappa shape index (κ1) is 15.3. The van der Waals surface area contributed by atoms with E-state index in [1.165, 1.54) is 12.1 Å². The summed E-state index contributed by atoms with van der Waals surface area (Å²) in [5.74, 6) is -1.19. The highest BCUT2D eigenvalue weighted by atomic mass is 19.1. The van der Waals surface area contributed by atoms with E-state index in [4.69, 9.17) is 15.2 Å². The van der Waals surface area contributed by atoms with E-state index in [-0.39, 0.29) is 24.8 Å². The van der Waals surface area contributed by atoms with Crippen LogP contribution < -0.4 is 5.73 Å². The lowest BCUT2D eigenvalue weighted by Crippen LogP contribution is -2.33. The van der Waals surface area contributed by atoms with Crippen LogP contribution in [0.1, 0.15) is 11.6 Å². The van der Waals surface area contributed by atoms with Gasteiger partial charge in [-0.15, -0.1) is 0 Å². The van der Waals surface area contributed by atoms with Crippen LogP contribution in [0.3, 0.4) is 0 Å². The fraction of sp³-hybridized carbons (Fsp3) is 0.571. The van der Waals surface area contributed by atoms with Crippen molar-refractivity contribution in [3.8, 4) is 0 Å². The van der Waals surface area contributed by atoms with Crippen LogP contribution in [-0.4, -0.2) is 51.0 Å². The van der Waals surface area contributed by atoms with Crippen LogP contribution in [0, 0.1) is 11.6 Å². The van der Waals surface area contributed by atoms with Gasteiger partial charge in [0.05, 0.1) is 12.2 Å². The van der Waals surface area contributed by atoms with Gasteiger partial charge in [0.15, 0.2) is 0 Å². The molecule has 1 aromatic rings. The standard InChI is InChI=1S/C14H20F2N2O2/c1-19-13-7-18(8-14(13)20-2)12(6-17)9-3-10(15)5-11(16)4-9/h3-5,12-14H,6-8,17H2,1-2H3. The van der Waals surface area contributed by atoms with Gasteiger partial charge in [-0.05, 0) is 17.7 Å². The number of likely N-dealkylation sites (tertiary alicyclic amines) is 1. The Morgan fingerprint density at radius 3 is 2.05 bits per heavy atom. The van der Waals surface area contributed by atoms with E-state index in [2.05, 4.69) is 0 Å². The predicted octanol–water partition coefficient (Wildman–Crippen LogP) is 1.31. The third-order valence-electron chi connectivity index (χ3n) is 3.78. The Hall–Kier alpha value is -1.08. The van der Waals surface area contributed by atoms with E-state index in [0.29, 0.717) is 18.7 Å². The first-order chi connectivity index (χ1) is 9.58. The molecule has 3 unspecified atom stereocenters. The smallest absolute Gasteiger partial charge is 0.126 e. The van der Waals surface area contributed by atoms with Gasteiger partial charge in [0.1, 0.15) is 11.6 Å². The van der Waals surface area contributed by atoms with Crippen molar-refractivity contribution in [2.45, 2.75) is 18.2 Å². The van der Waals surface area contributed by atoms with Gasteiger partial charge in [0.2, 0.25) is 0 Å². The molecule has 0 aliphatic carbocycles. The molecule has 1 heterocycles. The molecule has 6 heteroatoms. The maximum absolute atomic E-state index is 13.3. The van der Waals surface area contributed by atoms with Crippen molar-refractivity contribution in [1.82, 2.24) is 4.90 Å². The summed E-state index contributed by atoms with van der Waals surface area (Å²) < 4.78 is 37.4. The molecular formula is C14H20F2N2O2. The normalized spacial score (nSPS) is 25.1. The van der Waals surface area contributed by atoms with Crippen LogP contribution >= 0.6 is 0 Å². The Morgan fingerprint density at radius 1 is 1.15 bits per heavy atom. The maximum Gasteiger partial charge on any atom is 0.126 e. The molecule has 0 spiro atoms. The number of methoxy groups -OCH3 is 2. The average molecular weight is 286 g/mol. The predicted molar refractivity (Wildman–Crippen MR) is 71.3 cm³/mol. The topological polar surface area (TPSA) is 47.7 Å². The van der Waals surface area contributed by atoms with E-state index in [1.54, 1.807) is 14.2 Å². The Kier molecular flexibility index (Phi) is 5.04. The second-order valence-corrected chi connectivity index (χ2v) is 4.96. The number of nitrogens with two attached hydrogens (primary N) is 1. The molecule has 4 nitrogen and oxygen atoms in total. The summed E-state index contributed by atoms with van der Waals surface area (Å²) in [5, 5.41) is 0. The number of nitrogens with zero attached hydrogens (tertiary/aromatic N) is 1. The molecule has 0 amide bonds. The summed E-state index contributed by atoms with van der Waals surface area (Å²) in [4.78, 5) is 2.04. The Bertz CT molecular complexity index is 427. The van der Waals surface area contributed by atoms with Crippen LogP contribution in [0.25, 0.3) is 0 Å². The molecule has 2 N–H and O–H groups in total. The molecule has 3 atom stereocenters. The molecule has 1 aliphatic rings. The van der Waals surface area contributed by atoms with Gasteiger partial charge in [-0.25, -0.2) is 8.78 Å². The lowest BCUT2D eigenvalue weighted by molar-refractivity contribution is -0.00461. The van der Waals surface area contributed by atoms with Gasteiger partial charge in [0, 0.05) is 46.0 Å². The number of benzene rings is 1. The number of rotatable bonds is 5. The minimum absolute atomic E-state index is 0.0625. The van der Waals surface area contributed by atoms with Gasteiger partial charge in [-0.2, -0.15) is 0 Å². The molecular weight excluding hydrogens is 266 g/mol. The zero-order chi connectivity index (χ0) is 14.7. The van der Waals surface area contributed by atoms with Crippen molar-refractivity contribution >= 4 is 0 Å². The van der Waals surface area contributed by atoms with E-state index < -0.39 is 11.6 Å². The highest BCUT2D eigenvalue weighted by Gasteiger charge is 2.36. The van der Waals surface area contributed by atoms with Crippen LogP contribution in [-0.2, 0) is 9.47 Å². The van der Waals surface area contributed by atoms with Gasteiger partial charge >= 0.3 is 0 Å². The molecule has 1 saturated heterocycles.